The Bertz CT molecular complexity index is 468. The van der Waals surface area contributed by atoms with Crippen molar-refractivity contribution in [3.8, 4) is 22.1 Å². The lowest BCUT2D eigenvalue weighted by atomic mass is 10.2. The van der Waals surface area contributed by atoms with Gasteiger partial charge < -0.3 is 9.47 Å². The van der Waals surface area contributed by atoms with Gasteiger partial charge in [0, 0.05) is 17.1 Å². The lowest BCUT2D eigenvalue weighted by Gasteiger charge is -2.11. The Morgan fingerprint density at radius 3 is 2.53 bits per heavy atom. The van der Waals surface area contributed by atoms with Gasteiger partial charge in [-0.2, -0.15) is 0 Å². The van der Waals surface area contributed by atoms with Crippen molar-refractivity contribution in [2.24, 2.45) is 0 Å². The normalized spacial score (nSPS) is 10.2. The Morgan fingerprint density at radius 1 is 1.12 bits per heavy atom. The van der Waals surface area contributed by atoms with Crippen LogP contribution < -0.4 is 9.47 Å². The van der Waals surface area contributed by atoms with Crippen LogP contribution in [0.5, 0.6) is 11.5 Å². The summed E-state index contributed by atoms with van der Waals surface area (Å²) in [5.41, 5.74) is 1.06. The first-order valence-electron chi connectivity index (χ1n) is 5.64. The number of hydrogen-bond donors (Lipinski definition) is 0. The molecule has 2 rings (SSSR count). The van der Waals surface area contributed by atoms with Crippen LogP contribution in [0, 0.1) is 0 Å². The molecule has 1 aromatic heterocycles. The van der Waals surface area contributed by atoms with Gasteiger partial charge in [0.1, 0.15) is 5.01 Å². The van der Waals surface area contributed by atoms with E-state index >= 15 is 0 Å². The molecule has 2 aromatic rings. The molecular weight excluding hydrogens is 234 g/mol. The van der Waals surface area contributed by atoms with E-state index in [1.807, 2.05) is 37.4 Å². The van der Waals surface area contributed by atoms with Crippen molar-refractivity contribution >= 4 is 11.3 Å². The highest BCUT2D eigenvalue weighted by Gasteiger charge is 2.08. The molecule has 17 heavy (non-hydrogen) atoms. The first kappa shape index (κ1) is 11.9. The van der Waals surface area contributed by atoms with E-state index in [0.29, 0.717) is 13.2 Å². The summed E-state index contributed by atoms with van der Waals surface area (Å²) in [7, 11) is 0. The zero-order valence-corrected chi connectivity index (χ0v) is 10.8. The van der Waals surface area contributed by atoms with E-state index in [9.17, 15) is 0 Å². The molecule has 0 bridgehead atoms. The van der Waals surface area contributed by atoms with Gasteiger partial charge in [-0.25, -0.2) is 4.98 Å². The quantitative estimate of drug-likeness (QED) is 0.811. The molecule has 3 nitrogen and oxygen atoms in total. The maximum Gasteiger partial charge on any atom is 0.161 e. The minimum absolute atomic E-state index is 0.626. The number of aromatic nitrogens is 1. The lowest BCUT2D eigenvalue weighted by Crippen LogP contribution is -1.98. The zero-order valence-electron chi connectivity index (χ0n) is 9.97. The van der Waals surface area contributed by atoms with Crippen LogP contribution in [0.15, 0.2) is 29.8 Å². The molecule has 90 valence electrons. The third kappa shape index (κ3) is 2.77. The first-order chi connectivity index (χ1) is 8.35. The molecule has 0 saturated carbocycles. The van der Waals surface area contributed by atoms with Crippen LogP contribution in [0.1, 0.15) is 13.8 Å². The van der Waals surface area contributed by atoms with E-state index in [1.165, 1.54) is 0 Å². The Hall–Kier alpha value is -1.55. The van der Waals surface area contributed by atoms with E-state index in [-0.39, 0.29) is 0 Å². The standard InChI is InChI=1S/C13H15NO2S/c1-3-15-11-6-5-10(9-12(11)16-4-2)13-14-7-8-17-13/h5-9H,3-4H2,1-2H3. The van der Waals surface area contributed by atoms with Crippen molar-refractivity contribution in [1.82, 2.24) is 4.98 Å². The van der Waals surface area contributed by atoms with Crippen molar-refractivity contribution in [3.63, 3.8) is 0 Å². The monoisotopic (exact) mass is 249 g/mol. The summed E-state index contributed by atoms with van der Waals surface area (Å²) in [5, 5.41) is 2.96. The van der Waals surface area contributed by atoms with Gasteiger partial charge in [-0.15, -0.1) is 11.3 Å². The van der Waals surface area contributed by atoms with Crippen LogP contribution in [-0.2, 0) is 0 Å². The SMILES string of the molecule is CCOc1ccc(-c2nccs2)cc1OCC. The summed E-state index contributed by atoms with van der Waals surface area (Å²) in [5.74, 6) is 1.57. The van der Waals surface area contributed by atoms with Gasteiger partial charge in [0.05, 0.1) is 13.2 Å². The minimum Gasteiger partial charge on any atom is -0.490 e. The molecule has 0 atom stereocenters. The van der Waals surface area contributed by atoms with Gasteiger partial charge in [0.2, 0.25) is 0 Å². The molecule has 0 N–H and O–H groups in total. The molecule has 0 amide bonds. The average Bonchev–Trinajstić information content (AvgIpc) is 2.85. The number of thiazole rings is 1. The minimum atomic E-state index is 0.626. The maximum atomic E-state index is 5.58. The predicted molar refractivity (Wildman–Crippen MR) is 69.9 cm³/mol. The smallest absolute Gasteiger partial charge is 0.161 e. The van der Waals surface area contributed by atoms with E-state index in [2.05, 4.69) is 4.98 Å². The Kier molecular flexibility index (Phi) is 3.98. The largest absolute Gasteiger partial charge is 0.490 e. The maximum absolute atomic E-state index is 5.58. The second-order valence-electron chi connectivity index (χ2n) is 3.36. The molecule has 0 aliphatic heterocycles. The third-order valence-corrected chi connectivity index (χ3v) is 3.04. The highest BCUT2D eigenvalue weighted by atomic mass is 32.1. The fraction of sp³-hybridized carbons (Fsp3) is 0.308. The van der Waals surface area contributed by atoms with Crippen LogP contribution in [0.4, 0.5) is 0 Å². The Balaban J connectivity index is 2.34. The highest BCUT2D eigenvalue weighted by molar-refractivity contribution is 7.13. The van der Waals surface area contributed by atoms with E-state index in [4.69, 9.17) is 9.47 Å². The van der Waals surface area contributed by atoms with Gasteiger partial charge in [-0.05, 0) is 32.0 Å². The van der Waals surface area contributed by atoms with Gasteiger partial charge in [0.15, 0.2) is 11.5 Å². The fourth-order valence-electron chi connectivity index (χ4n) is 1.55. The summed E-state index contributed by atoms with van der Waals surface area (Å²) < 4.78 is 11.1. The molecule has 0 spiro atoms. The highest BCUT2D eigenvalue weighted by Crippen LogP contribution is 2.33. The van der Waals surface area contributed by atoms with Gasteiger partial charge in [-0.3, -0.25) is 0 Å². The molecule has 0 aliphatic rings. The van der Waals surface area contributed by atoms with Crippen LogP contribution in [0.3, 0.4) is 0 Å². The number of hydrogen-bond acceptors (Lipinski definition) is 4. The Labute approximate surface area is 105 Å². The van der Waals surface area contributed by atoms with Crippen molar-refractivity contribution in [2.45, 2.75) is 13.8 Å². The second-order valence-corrected chi connectivity index (χ2v) is 4.26. The van der Waals surface area contributed by atoms with Crippen molar-refractivity contribution in [3.05, 3.63) is 29.8 Å². The lowest BCUT2D eigenvalue weighted by molar-refractivity contribution is 0.288. The van der Waals surface area contributed by atoms with Crippen LogP contribution in [0.25, 0.3) is 10.6 Å². The van der Waals surface area contributed by atoms with Gasteiger partial charge in [-0.1, -0.05) is 0 Å². The zero-order chi connectivity index (χ0) is 12.1. The number of ether oxygens (including phenoxy) is 2. The molecule has 4 heteroatoms. The van der Waals surface area contributed by atoms with Crippen LogP contribution >= 0.6 is 11.3 Å². The van der Waals surface area contributed by atoms with Crippen LogP contribution in [-0.4, -0.2) is 18.2 Å². The molecular formula is C13H15NO2S. The van der Waals surface area contributed by atoms with Gasteiger partial charge >= 0.3 is 0 Å². The molecule has 0 unspecified atom stereocenters. The summed E-state index contributed by atoms with van der Waals surface area (Å²) in [6.45, 7) is 5.19. The fourth-order valence-corrected chi connectivity index (χ4v) is 2.19. The Morgan fingerprint density at radius 2 is 1.88 bits per heavy atom. The third-order valence-electron chi connectivity index (χ3n) is 2.22. The summed E-state index contributed by atoms with van der Waals surface area (Å²) in [4.78, 5) is 4.29. The van der Waals surface area contributed by atoms with Gasteiger partial charge in [0.25, 0.3) is 0 Å². The first-order valence-corrected chi connectivity index (χ1v) is 6.52. The predicted octanol–water partition coefficient (Wildman–Crippen LogP) is 3.61. The molecule has 0 fully saturated rings. The number of nitrogens with zero attached hydrogens (tertiary/aromatic N) is 1. The topological polar surface area (TPSA) is 31.4 Å². The van der Waals surface area contributed by atoms with Crippen molar-refractivity contribution < 1.29 is 9.47 Å². The van der Waals surface area contributed by atoms with Crippen LogP contribution in [0.2, 0.25) is 0 Å². The number of benzene rings is 1. The summed E-state index contributed by atoms with van der Waals surface area (Å²) in [6, 6.07) is 5.92. The van der Waals surface area contributed by atoms with Crippen molar-refractivity contribution in [1.29, 1.82) is 0 Å². The molecule has 1 heterocycles. The van der Waals surface area contributed by atoms with E-state index in [1.54, 1.807) is 17.5 Å². The number of rotatable bonds is 5. The van der Waals surface area contributed by atoms with E-state index in [0.717, 1.165) is 22.1 Å². The molecule has 0 aliphatic carbocycles. The second kappa shape index (κ2) is 5.68. The molecule has 1 aromatic carbocycles. The molecule has 0 saturated heterocycles. The molecule has 0 radical (unpaired) electrons. The summed E-state index contributed by atoms with van der Waals surface area (Å²) >= 11 is 1.61. The average molecular weight is 249 g/mol. The summed E-state index contributed by atoms with van der Waals surface area (Å²) in [6.07, 6.45) is 1.80. The van der Waals surface area contributed by atoms with E-state index < -0.39 is 0 Å². The van der Waals surface area contributed by atoms with Crippen molar-refractivity contribution in [2.75, 3.05) is 13.2 Å².